The quantitative estimate of drug-likeness (QED) is 0.810. The molecule has 0 saturated heterocycles. The lowest BCUT2D eigenvalue weighted by molar-refractivity contribution is -0.123. The van der Waals surface area contributed by atoms with Crippen molar-refractivity contribution in [3.8, 4) is 0 Å². The van der Waals surface area contributed by atoms with Crippen LogP contribution in [-0.2, 0) is 11.2 Å². The van der Waals surface area contributed by atoms with E-state index in [-0.39, 0.29) is 11.4 Å². The summed E-state index contributed by atoms with van der Waals surface area (Å²) in [7, 11) is 0. The Morgan fingerprint density at radius 3 is 2.53 bits per heavy atom. The predicted molar refractivity (Wildman–Crippen MR) is 68.5 cm³/mol. The number of carbonyl (C=O) groups is 1. The van der Waals surface area contributed by atoms with Gasteiger partial charge in [0, 0.05) is 13.0 Å². The van der Waals surface area contributed by atoms with E-state index in [0.29, 0.717) is 13.0 Å². The van der Waals surface area contributed by atoms with Crippen LogP contribution in [0.2, 0.25) is 0 Å². The van der Waals surface area contributed by atoms with Gasteiger partial charge < -0.3 is 11.1 Å². The number of benzene rings is 1. The fourth-order valence-corrected chi connectivity index (χ4v) is 2.24. The zero-order chi connectivity index (χ0) is 12.1. The summed E-state index contributed by atoms with van der Waals surface area (Å²) >= 11 is 0. The number of hydrogen-bond acceptors (Lipinski definition) is 2. The molecule has 0 unspecified atom stereocenters. The summed E-state index contributed by atoms with van der Waals surface area (Å²) in [5.74, 6) is 0.124. The topological polar surface area (TPSA) is 55.1 Å². The molecule has 0 radical (unpaired) electrons. The number of nitrogens with two attached hydrogens (primary N) is 1. The molecule has 1 aliphatic carbocycles. The van der Waals surface area contributed by atoms with Crippen LogP contribution in [0.3, 0.4) is 0 Å². The Morgan fingerprint density at radius 1 is 1.29 bits per heavy atom. The maximum Gasteiger partial charge on any atom is 0.220 e. The third kappa shape index (κ3) is 3.07. The predicted octanol–water partition coefficient (Wildman–Crippen LogP) is 1.62. The summed E-state index contributed by atoms with van der Waals surface area (Å²) in [6, 6.07) is 10.1. The third-order valence-electron chi connectivity index (χ3n) is 3.59. The molecule has 2 rings (SSSR count). The molecule has 0 heterocycles. The smallest absolute Gasteiger partial charge is 0.220 e. The Morgan fingerprint density at radius 2 is 2.00 bits per heavy atom. The van der Waals surface area contributed by atoms with Crippen LogP contribution >= 0.6 is 0 Å². The van der Waals surface area contributed by atoms with Gasteiger partial charge in [0.05, 0.1) is 5.54 Å². The lowest BCUT2D eigenvalue weighted by Gasteiger charge is -2.41. The molecule has 17 heavy (non-hydrogen) atoms. The van der Waals surface area contributed by atoms with Crippen molar-refractivity contribution in [3.05, 3.63) is 35.9 Å². The molecule has 3 nitrogen and oxygen atoms in total. The monoisotopic (exact) mass is 232 g/mol. The van der Waals surface area contributed by atoms with Crippen LogP contribution in [0.5, 0.6) is 0 Å². The van der Waals surface area contributed by atoms with Crippen LogP contribution in [0.25, 0.3) is 0 Å². The van der Waals surface area contributed by atoms with Crippen molar-refractivity contribution in [1.29, 1.82) is 0 Å². The van der Waals surface area contributed by atoms with Gasteiger partial charge in [-0.3, -0.25) is 4.79 Å². The standard InChI is InChI=1S/C14H20N2O/c15-11-14(9-4-10-14)16-13(17)8-7-12-5-2-1-3-6-12/h1-3,5-6H,4,7-11,15H2,(H,16,17). The first-order valence-corrected chi connectivity index (χ1v) is 6.29. The molecule has 0 atom stereocenters. The Balaban J connectivity index is 1.78. The van der Waals surface area contributed by atoms with Crippen LogP contribution in [0.1, 0.15) is 31.2 Å². The van der Waals surface area contributed by atoms with Crippen LogP contribution in [0.4, 0.5) is 0 Å². The second kappa shape index (κ2) is 5.32. The Labute approximate surface area is 102 Å². The van der Waals surface area contributed by atoms with E-state index in [0.717, 1.165) is 19.3 Å². The van der Waals surface area contributed by atoms with Gasteiger partial charge in [-0.2, -0.15) is 0 Å². The second-order valence-corrected chi connectivity index (χ2v) is 4.87. The van der Waals surface area contributed by atoms with Crippen LogP contribution < -0.4 is 11.1 Å². The molecule has 1 amide bonds. The molecule has 1 fully saturated rings. The van der Waals surface area contributed by atoms with Crippen LogP contribution in [0, 0.1) is 0 Å². The summed E-state index contributed by atoms with van der Waals surface area (Å²) in [5, 5.41) is 3.09. The van der Waals surface area contributed by atoms with Gasteiger partial charge >= 0.3 is 0 Å². The zero-order valence-corrected chi connectivity index (χ0v) is 10.1. The highest BCUT2D eigenvalue weighted by Crippen LogP contribution is 2.30. The summed E-state index contributed by atoms with van der Waals surface area (Å²) in [5.41, 5.74) is 6.83. The number of nitrogens with one attached hydrogen (secondary N) is 1. The van der Waals surface area contributed by atoms with E-state index in [1.165, 1.54) is 12.0 Å². The molecule has 1 saturated carbocycles. The van der Waals surface area contributed by atoms with E-state index in [2.05, 4.69) is 17.4 Å². The molecule has 3 heteroatoms. The number of hydrogen-bond donors (Lipinski definition) is 2. The zero-order valence-electron chi connectivity index (χ0n) is 10.1. The molecule has 0 spiro atoms. The minimum absolute atomic E-state index is 0.0895. The lowest BCUT2D eigenvalue weighted by Crippen LogP contribution is -2.58. The van der Waals surface area contributed by atoms with Gasteiger partial charge in [0.2, 0.25) is 5.91 Å². The van der Waals surface area contributed by atoms with E-state index in [1.807, 2.05) is 18.2 Å². The van der Waals surface area contributed by atoms with Crippen molar-refractivity contribution in [2.45, 2.75) is 37.6 Å². The summed E-state index contributed by atoms with van der Waals surface area (Å²) < 4.78 is 0. The fraction of sp³-hybridized carbons (Fsp3) is 0.500. The highest BCUT2D eigenvalue weighted by Gasteiger charge is 2.36. The molecule has 0 aliphatic heterocycles. The first-order chi connectivity index (χ1) is 8.24. The summed E-state index contributed by atoms with van der Waals surface area (Å²) in [6.07, 6.45) is 4.58. The molecule has 1 aliphatic rings. The molecule has 1 aromatic rings. The number of amides is 1. The summed E-state index contributed by atoms with van der Waals surface area (Å²) in [4.78, 5) is 11.8. The van der Waals surface area contributed by atoms with Gasteiger partial charge in [0.25, 0.3) is 0 Å². The minimum atomic E-state index is -0.0895. The summed E-state index contributed by atoms with van der Waals surface area (Å²) in [6.45, 7) is 0.560. The molecule has 1 aromatic carbocycles. The highest BCUT2D eigenvalue weighted by molar-refractivity contribution is 5.77. The van der Waals surface area contributed by atoms with Gasteiger partial charge in [-0.05, 0) is 31.2 Å². The van der Waals surface area contributed by atoms with Crippen molar-refractivity contribution >= 4 is 5.91 Å². The third-order valence-corrected chi connectivity index (χ3v) is 3.59. The highest BCUT2D eigenvalue weighted by atomic mass is 16.1. The minimum Gasteiger partial charge on any atom is -0.349 e. The van der Waals surface area contributed by atoms with Crippen LogP contribution in [0.15, 0.2) is 30.3 Å². The average Bonchev–Trinajstić information content (AvgIpc) is 2.33. The maximum atomic E-state index is 11.8. The van der Waals surface area contributed by atoms with E-state index in [9.17, 15) is 4.79 Å². The Bertz CT molecular complexity index is 366. The molecule has 0 aromatic heterocycles. The largest absolute Gasteiger partial charge is 0.349 e. The first kappa shape index (κ1) is 12.1. The average molecular weight is 232 g/mol. The van der Waals surface area contributed by atoms with E-state index in [1.54, 1.807) is 0 Å². The van der Waals surface area contributed by atoms with Gasteiger partial charge in [0.1, 0.15) is 0 Å². The van der Waals surface area contributed by atoms with Crippen molar-refractivity contribution in [2.24, 2.45) is 5.73 Å². The fourth-order valence-electron chi connectivity index (χ4n) is 2.24. The number of aryl methyl sites for hydroxylation is 1. The van der Waals surface area contributed by atoms with Gasteiger partial charge in [-0.25, -0.2) is 0 Å². The van der Waals surface area contributed by atoms with Crippen molar-refractivity contribution in [2.75, 3.05) is 6.54 Å². The lowest BCUT2D eigenvalue weighted by atomic mass is 9.76. The van der Waals surface area contributed by atoms with Gasteiger partial charge in [0.15, 0.2) is 0 Å². The van der Waals surface area contributed by atoms with E-state index < -0.39 is 0 Å². The van der Waals surface area contributed by atoms with Crippen molar-refractivity contribution in [3.63, 3.8) is 0 Å². The molecule has 0 bridgehead atoms. The van der Waals surface area contributed by atoms with Crippen LogP contribution in [-0.4, -0.2) is 18.0 Å². The maximum absolute atomic E-state index is 11.8. The molecule has 92 valence electrons. The molecular formula is C14H20N2O. The van der Waals surface area contributed by atoms with Gasteiger partial charge in [-0.15, -0.1) is 0 Å². The molecule has 3 N–H and O–H groups in total. The van der Waals surface area contributed by atoms with Crippen molar-refractivity contribution < 1.29 is 4.79 Å². The van der Waals surface area contributed by atoms with E-state index in [4.69, 9.17) is 5.73 Å². The number of rotatable bonds is 5. The Kier molecular flexibility index (Phi) is 3.79. The Hall–Kier alpha value is -1.35. The SMILES string of the molecule is NCC1(NC(=O)CCc2ccccc2)CCC1. The number of carbonyl (C=O) groups excluding carboxylic acids is 1. The second-order valence-electron chi connectivity index (χ2n) is 4.87. The first-order valence-electron chi connectivity index (χ1n) is 6.29. The normalized spacial score (nSPS) is 17.2. The van der Waals surface area contributed by atoms with Gasteiger partial charge in [-0.1, -0.05) is 30.3 Å². The molecular weight excluding hydrogens is 212 g/mol. The van der Waals surface area contributed by atoms with Crippen molar-refractivity contribution in [1.82, 2.24) is 5.32 Å². The van der Waals surface area contributed by atoms with E-state index >= 15 is 0 Å².